The molecule has 0 aliphatic carbocycles. The number of carbonyl (C=O) groups is 1. The quantitative estimate of drug-likeness (QED) is 0.521. The van der Waals surface area contributed by atoms with Crippen LogP contribution in [0.25, 0.3) is 0 Å². The number of benzene rings is 1. The SMILES string of the molecule is O=C(CCCc1cccc(O)c1)OCCOCCO. The van der Waals surface area contributed by atoms with Gasteiger partial charge in [-0.2, -0.15) is 0 Å². The van der Waals surface area contributed by atoms with E-state index in [1.165, 1.54) is 0 Å². The second-order valence-corrected chi connectivity index (χ2v) is 4.08. The molecule has 0 radical (unpaired) electrons. The minimum atomic E-state index is -0.257. The van der Waals surface area contributed by atoms with Gasteiger partial charge in [0.05, 0.1) is 19.8 Å². The van der Waals surface area contributed by atoms with E-state index in [9.17, 15) is 9.90 Å². The topological polar surface area (TPSA) is 76.0 Å². The number of rotatable bonds is 9. The predicted molar refractivity (Wildman–Crippen MR) is 69.9 cm³/mol. The maximum atomic E-state index is 11.4. The first-order valence-electron chi connectivity index (χ1n) is 6.34. The average Bonchev–Trinajstić information content (AvgIpc) is 2.38. The number of ether oxygens (including phenoxy) is 2. The normalized spacial score (nSPS) is 10.4. The Kier molecular flexibility index (Phi) is 7.62. The first kappa shape index (κ1) is 15.5. The van der Waals surface area contributed by atoms with Crippen molar-refractivity contribution >= 4 is 5.97 Å². The Morgan fingerprint density at radius 1 is 1.21 bits per heavy atom. The van der Waals surface area contributed by atoms with Crippen molar-refractivity contribution in [2.45, 2.75) is 19.3 Å². The van der Waals surface area contributed by atoms with E-state index in [-0.39, 0.29) is 31.5 Å². The Labute approximate surface area is 112 Å². The van der Waals surface area contributed by atoms with Crippen molar-refractivity contribution in [1.82, 2.24) is 0 Å². The Bertz CT molecular complexity index is 378. The van der Waals surface area contributed by atoms with Crippen LogP contribution in [0, 0.1) is 0 Å². The number of aliphatic hydroxyl groups is 1. The lowest BCUT2D eigenvalue weighted by Gasteiger charge is -2.05. The summed E-state index contributed by atoms with van der Waals surface area (Å²) in [6.07, 6.45) is 1.75. The average molecular weight is 268 g/mol. The molecule has 0 fully saturated rings. The lowest BCUT2D eigenvalue weighted by Crippen LogP contribution is -2.12. The summed E-state index contributed by atoms with van der Waals surface area (Å²) >= 11 is 0. The van der Waals surface area contributed by atoms with Gasteiger partial charge in [-0.1, -0.05) is 12.1 Å². The Hall–Kier alpha value is -1.59. The fourth-order valence-corrected chi connectivity index (χ4v) is 1.60. The smallest absolute Gasteiger partial charge is 0.305 e. The second kappa shape index (κ2) is 9.35. The minimum absolute atomic E-state index is 0.0299. The molecule has 19 heavy (non-hydrogen) atoms. The molecule has 0 saturated heterocycles. The number of hydrogen-bond donors (Lipinski definition) is 2. The molecule has 0 spiro atoms. The number of phenols is 1. The summed E-state index contributed by atoms with van der Waals surface area (Å²) in [6.45, 7) is 0.747. The summed E-state index contributed by atoms with van der Waals surface area (Å²) in [7, 11) is 0. The van der Waals surface area contributed by atoms with Gasteiger partial charge in [-0.25, -0.2) is 0 Å². The molecule has 0 aliphatic heterocycles. The number of carbonyl (C=O) groups excluding carboxylic acids is 1. The van der Waals surface area contributed by atoms with Gasteiger partial charge in [0.2, 0.25) is 0 Å². The highest BCUT2D eigenvalue weighted by atomic mass is 16.6. The zero-order valence-electron chi connectivity index (χ0n) is 10.9. The molecule has 1 rings (SSSR count). The minimum Gasteiger partial charge on any atom is -0.508 e. The third kappa shape index (κ3) is 7.43. The second-order valence-electron chi connectivity index (χ2n) is 4.08. The molecule has 106 valence electrons. The van der Waals surface area contributed by atoms with Crippen molar-refractivity contribution in [2.24, 2.45) is 0 Å². The van der Waals surface area contributed by atoms with Crippen molar-refractivity contribution in [3.63, 3.8) is 0 Å². The van der Waals surface area contributed by atoms with Gasteiger partial charge in [-0.15, -0.1) is 0 Å². The van der Waals surface area contributed by atoms with Crippen LogP contribution in [0.1, 0.15) is 18.4 Å². The molecule has 0 atom stereocenters. The fourth-order valence-electron chi connectivity index (χ4n) is 1.60. The molecular formula is C14H20O5. The van der Waals surface area contributed by atoms with Gasteiger partial charge in [0.1, 0.15) is 12.4 Å². The maximum Gasteiger partial charge on any atom is 0.305 e. The number of aryl methyl sites for hydroxylation is 1. The van der Waals surface area contributed by atoms with Gasteiger partial charge in [0.25, 0.3) is 0 Å². The van der Waals surface area contributed by atoms with Crippen LogP contribution in [0.3, 0.4) is 0 Å². The van der Waals surface area contributed by atoms with E-state index in [0.29, 0.717) is 19.4 Å². The molecule has 0 saturated carbocycles. The van der Waals surface area contributed by atoms with E-state index >= 15 is 0 Å². The van der Waals surface area contributed by atoms with Crippen LogP contribution in [0.4, 0.5) is 0 Å². The monoisotopic (exact) mass is 268 g/mol. The third-order valence-corrected chi connectivity index (χ3v) is 2.48. The Balaban J connectivity index is 2.07. The number of esters is 1. The number of aliphatic hydroxyl groups excluding tert-OH is 1. The molecule has 0 aromatic heterocycles. The zero-order valence-corrected chi connectivity index (χ0v) is 10.9. The van der Waals surface area contributed by atoms with Crippen molar-refractivity contribution in [3.8, 4) is 5.75 Å². The molecule has 0 heterocycles. The van der Waals surface area contributed by atoms with Crippen LogP contribution in [-0.2, 0) is 20.7 Å². The molecule has 0 aliphatic rings. The van der Waals surface area contributed by atoms with Gasteiger partial charge in [0.15, 0.2) is 0 Å². The molecule has 1 aromatic rings. The molecule has 5 heteroatoms. The summed E-state index contributed by atoms with van der Waals surface area (Å²) in [5.74, 6) is -0.0196. The third-order valence-electron chi connectivity index (χ3n) is 2.48. The highest BCUT2D eigenvalue weighted by molar-refractivity contribution is 5.69. The summed E-state index contributed by atoms with van der Waals surface area (Å²) in [4.78, 5) is 11.4. The van der Waals surface area contributed by atoms with E-state index in [4.69, 9.17) is 14.6 Å². The lowest BCUT2D eigenvalue weighted by atomic mass is 10.1. The van der Waals surface area contributed by atoms with Gasteiger partial charge in [0, 0.05) is 6.42 Å². The molecule has 1 aromatic carbocycles. The van der Waals surface area contributed by atoms with Crippen LogP contribution in [-0.4, -0.2) is 42.6 Å². The van der Waals surface area contributed by atoms with Crippen LogP contribution in [0.2, 0.25) is 0 Å². The van der Waals surface area contributed by atoms with Gasteiger partial charge < -0.3 is 19.7 Å². The first-order valence-corrected chi connectivity index (χ1v) is 6.34. The predicted octanol–water partition coefficient (Wildman–Crippen LogP) is 1.27. The molecular weight excluding hydrogens is 248 g/mol. The molecule has 0 unspecified atom stereocenters. The van der Waals surface area contributed by atoms with Crippen LogP contribution in [0.5, 0.6) is 5.75 Å². The summed E-state index contributed by atoms with van der Waals surface area (Å²) < 4.78 is 9.92. The molecule has 0 bridgehead atoms. The van der Waals surface area contributed by atoms with E-state index in [0.717, 1.165) is 12.0 Å². The molecule has 5 nitrogen and oxygen atoms in total. The number of aromatic hydroxyl groups is 1. The fraction of sp³-hybridized carbons (Fsp3) is 0.500. The van der Waals surface area contributed by atoms with Gasteiger partial charge in [-0.3, -0.25) is 4.79 Å². The standard InChI is InChI=1S/C14H20O5/c15-7-8-18-9-10-19-14(17)6-2-4-12-3-1-5-13(16)11-12/h1,3,5,11,15-16H,2,4,6-10H2. The van der Waals surface area contributed by atoms with Gasteiger partial charge >= 0.3 is 5.97 Å². The highest BCUT2D eigenvalue weighted by Gasteiger charge is 2.03. The summed E-state index contributed by atoms with van der Waals surface area (Å²) in [5, 5.41) is 17.8. The summed E-state index contributed by atoms with van der Waals surface area (Å²) in [5.41, 5.74) is 0.999. The Morgan fingerprint density at radius 2 is 2.05 bits per heavy atom. The lowest BCUT2D eigenvalue weighted by molar-refractivity contribution is -0.145. The zero-order chi connectivity index (χ0) is 13.9. The molecule has 2 N–H and O–H groups in total. The highest BCUT2D eigenvalue weighted by Crippen LogP contribution is 2.13. The van der Waals surface area contributed by atoms with E-state index in [1.807, 2.05) is 6.07 Å². The summed E-state index contributed by atoms with van der Waals surface area (Å²) in [6, 6.07) is 6.99. The van der Waals surface area contributed by atoms with Crippen LogP contribution in [0.15, 0.2) is 24.3 Å². The first-order chi connectivity index (χ1) is 9.22. The van der Waals surface area contributed by atoms with Crippen LogP contribution < -0.4 is 0 Å². The van der Waals surface area contributed by atoms with E-state index < -0.39 is 0 Å². The van der Waals surface area contributed by atoms with Crippen molar-refractivity contribution in [1.29, 1.82) is 0 Å². The number of phenolic OH excluding ortho intramolecular Hbond substituents is 1. The largest absolute Gasteiger partial charge is 0.508 e. The van der Waals surface area contributed by atoms with Crippen molar-refractivity contribution in [3.05, 3.63) is 29.8 Å². The molecule has 0 amide bonds. The Morgan fingerprint density at radius 3 is 2.79 bits per heavy atom. The van der Waals surface area contributed by atoms with Crippen molar-refractivity contribution < 1.29 is 24.5 Å². The van der Waals surface area contributed by atoms with Gasteiger partial charge in [-0.05, 0) is 30.5 Å². The maximum absolute atomic E-state index is 11.4. The number of hydrogen-bond acceptors (Lipinski definition) is 5. The van der Waals surface area contributed by atoms with E-state index in [1.54, 1.807) is 18.2 Å². The van der Waals surface area contributed by atoms with Crippen molar-refractivity contribution in [2.75, 3.05) is 26.4 Å². The van der Waals surface area contributed by atoms with Crippen LogP contribution >= 0.6 is 0 Å². The van der Waals surface area contributed by atoms with E-state index in [2.05, 4.69) is 0 Å².